The molecule has 1 aliphatic rings. The molecule has 0 unspecified atom stereocenters. The van der Waals surface area contributed by atoms with Gasteiger partial charge in [0.1, 0.15) is 12.2 Å². The smallest absolute Gasteiger partial charge is 0.192 e. The largest absolute Gasteiger partial charge is 0.408 e. The van der Waals surface area contributed by atoms with E-state index >= 15 is 0 Å². The molecule has 26 heavy (non-hydrogen) atoms. The van der Waals surface area contributed by atoms with Crippen LogP contribution < -0.4 is 0 Å². The zero-order chi connectivity index (χ0) is 19.8. The van der Waals surface area contributed by atoms with Crippen LogP contribution in [0.25, 0.3) is 0 Å². The van der Waals surface area contributed by atoms with E-state index in [-0.39, 0.29) is 23.4 Å². The van der Waals surface area contributed by atoms with Crippen LogP contribution in [-0.4, -0.2) is 40.3 Å². The van der Waals surface area contributed by atoms with Crippen LogP contribution in [0.3, 0.4) is 0 Å². The first-order valence-corrected chi connectivity index (χ1v) is 13.5. The molecular formula is C22H44O3Si. The number of methoxy groups -OCH3 is 1. The lowest BCUT2D eigenvalue weighted by molar-refractivity contribution is -0.149. The van der Waals surface area contributed by atoms with E-state index < -0.39 is 8.32 Å². The van der Waals surface area contributed by atoms with E-state index in [4.69, 9.17) is 13.9 Å². The van der Waals surface area contributed by atoms with Gasteiger partial charge in [-0.2, -0.15) is 0 Å². The van der Waals surface area contributed by atoms with Crippen molar-refractivity contribution in [1.82, 2.24) is 0 Å². The molecule has 4 atom stereocenters. The minimum absolute atomic E-state index is 0.000849. The van der Waals surface area contributed by atoms with Gasteiger partial charge >= 0.3 is 0 Å². The summed E-state index contributed by atoms with van der Waals surface area (Å²) in [5, 5.41) is 0.180. The number of rotatable bonds is 10. The van der Waals surface area contributed by atoms with Crippen molar-refractivity contribution in [2.45, 2.75) is 110 Å². The van der Waals surface area contributed by atoms with E-state index in [1.54, 1.807) is 0 Å². The zero-order valence-corrected chi connectivity index (χ0v) is 19.6. The molecule has 0 aromatic carbocycles. The molecule has 1 saturated heterocycles. The van der Waals surface area contributed by atoms with Gasteiger partial charge in [-0.05, 0) is 31.0 Å². The second-order valence-corrected chi connectivity index (χ2v) is 14.2. The molecule has 0 N–H and O–H groups in total. The van der Waals surface area contributed by atoms with Gasteiger partial charge in [-0.15, -0.1) is 0 Å². The molecule has 1 heterocycles. The third-order valence-electron chi connectivity index (χ3n) is 6.07. The molecule has 154 valence electrons. The molecule has 0 aromatic heterocycles. The first-order valence-electron chi connectivity index (χ1n) is 10.6. The molecule has 0 aromatic rings. The normalized spacial score (nSPS) is 28.0. The molecule has 4 heteroatoms. The summed E-state index contributed by atoms with van der Waals surface area (Å²) in [6.07, 6.45) is 12.3. The van der Waals surface area contributed by atoms with Crippen molar-refractivity contribution in [2.24, 2.45) is 5.92 Å². The maximum absolute atomic E-state index is 6.78. The van der Waals surface area contributed by atoms with Crippen LogP contribution >= 0.6 is 0 Å². The Labute approximate surface area is 164 Å². The Balaban J connectivity index is 2.74. The Morgan fingerprint density at radius 3 is 2.31 bits per heavy atom. The van der Waals surface area contributed by atoms with Crippen LogP contribution in [0.4, 0.5) is 0 Å². The monoisotopic (exact) mass is 384 g/mol. The molecule has 0 saturated carbocycles. The molecule has 0 radical (unpaired) electrons. The van der Waals surface area contributed by atoms with Crippen molar-refractivity contribution in [3.05, 3.63) is 12.2 Å². The summed E-state index contributed by atoms with van der Waals surface area (Å²) in [7, 11) is -0.0765. The van der Waals surface area contributed by atoms with Gasteiger partial charge in [-0.25, -0.2) is 0 Å². The second-order valence-electron chi connectivity index (χ2n) is 9.45. The Morgan fingerprint density at radius 1 is 1.08 bits per heavy atom. The van der Waals surface area contributed by atoms with Gasteiger partial charge in [-0.1, -0.05) is 72.5 Å². The molecule has 1 fully saturated rings. The van der Waals surface area contributed by atoms with Crippen LogP contribution in [0.15, 0.2) is 12.2 Å². The van der Waals surface area contributed by atoms with E-state index in [0.29, 0.717) is 5.92 Å². The van der Waals surface area contributed by atoms with Gasteiger partial charge < -0.3 is 13.9 Å². The Morgan fingerprint density at radius 2 is 1.73 bits per heavy atom. The van der Waals surface area contributed by atoms with E-state index in [1.807, 2.05) is 7.11 Å². The molecule has 0 bridgehead atoms. The Kier molecular flexibility index (Phi) is 10.1. The fourth-order valence-electron chi connectivity index (χ4n) is 3.24. The van der Waals surface area contributed by atoms with Gasteiger partial charge in [0, 0.05) is 13.0 Å². The third-order valence-corrected chi connectivity index (χ3v) is 10.5. The van der Waals surface area contributed by atoms with Crippen LogP contribution in [0.2, 0.25) is 18.1 Å². The average molecular weight is 385 g/mol. The quantitative estimate of drug-likeness (QED) is 0.250. The fourth-order valence-corrected chi connectivity index (χ4v) is 4.54. The predicted molar refractivity (Wildman–Crippen MR) is 114 cm³/mol. The molecule has 3 nitrogen and oxygen atoms in total. The molecule has 1 rings (SSSR count). The van der Waals surface area contributed by atoms with Crippen molar-refractivity contribution in [3.8, 4) is 0 Å². The van der Waals surface area contributed by atoms with Crippen molar-refractivity contribution in [1.29, 1.82) is 0 Å². The van der Waals surface area contributed by atoms with Crippen LogP contribution in [0.1, 0.15) is 73.1 Å². The summed E-state index contributed by atoms with van der Waals surface area (Å²) < 4.78 is 18.8. The maximum atomic E-state index is 6.78. The van der Waals surface area contributed by atoms with Crippen LogP contribution in [-0.2, 0) is 13.9 Å². The highest BCUT2D eigenvalue weighted by Gasteiger charge is 2.46. The van der Waals surface area contributed by atoms with Crippen LogP contribution in [0, 0.1) is 5.92 Å². The van der Waals surface area contributed by atoms with E-state index in [2.05, 4.69) is 59.9 Å². The van der Waals surface area contributed by atoms with Crippen molar-refractivity contribution >= 4 is 8.32 Å². The maximum Gasteiger partial charge on any atom is 0.192 e. The molecule has 0 spiro atoms. The van der Waals surface area contributed by atoms with Crippen molar-refractivity contribution in [3.63, 3.8) is 0 Å². The summed E-state index contributed by atoms with van der Waals surface area (Å²) in [6.45, 7) is 16.7. The molecule has 0 amide bonds. The highest BCUT2D eigenvalue weighted by molar-refractivity contribution is 6.74. The fraction of sp³-hybridized carbons (Fsp3) is 0.909. The summed E-state index contributed by atoms with van der Waals surface area (Å²) in [5.74, 6) is 0.355. The highest BCUT2D eigenvalue weighted by Crippen LogP contribution is 2.40. The van der Waals surface area contributed by atoms with Gasteiger partial charge in [0.2, 0.25) is 0 Å². The summed E-state index contributed by atoms with van der Waals surface area (Å²) in [5.41, 5.74) is 0. The minimum atomic E-state index is -1.89. The van der Waals surface area contributed by atoms with E-state index in [9.17, 15) is 0 Å². The van der Waals surface area contributed by atoms with Gasteiger partial charge in [0.25, 0.3) is 0 Å². The van der Waals surface area contributed by atoms with E-state index in [0.717, 1.165) is 13.0 Å². The number of allylic oxidation sites excluding steroid dienone is 1. The average Bonchev–Trinajstić information content (AvgIpc) is 2.54. The third kappa shape index (κ3) is 7.10. The second kappa shape index (κ2) is 11.0. The summed E-state index contributed by atoms with van der Waals surface area (Å²) >= 11 is 0. The SMILES string of the molecule is CCCCCCC/C=C\[C@@H]1OC[C@H](C)[C@H](OC)[C@H]1O[Si](C)(C)C(C)(C)C. The lowest BCUT2D eigenvalue weighted by atomic mass is 9.93. The summed E-state index contributed by atoms with van der Waals surface area (Å²) in [4.78, 5) is 0. The highest BCUT2D eigenvalue weighted by atomic mass is 28.4. The number of unbranched alkanes of at least 4 members (excludes halogenated alkanes) is 5. The molecule has 1 aliphatic heterocycles. The Bertz CT molecular complexity index is 414. The standard InChI is InChI=1S/C22H44O3Si/c1-9-10-11-12-13-14-15-16-19-21(20(23-6)18(2)17-24-19)25-26(7,8)22(3,4)5/h15-16,18-21H,9-14,17H2,1-8H3/b16-15-/t18-,19-,20-,21-/m0/s1. The molecule has 0 aliphatic carbocycles. The lowest BCUT2D eigenvalue weighted by Crippen LogP contribution is -2.56. The van der Waals surface area contributed by atoms with Gasteiger partial charge in [0.05, 0.1) is 12.7 Å². The first-order chi connectivity index (χ1) is 12.1. The minimum Gasteiger partial charge on any atom is -0.408 e. The van der Waals surface area contributed by atoms with Gasteiger partial charge in [-0.3, -0.25) is 0 Å². The van der Waals surface area contributed by atoms with Crippen molar-refractivity contribution in [2.75, 3.05) is 13.7 Å². The van der Waals surface area contributed by atoms with Crippen molar-refractivity contribution < 1.29 is 13.9 Å². The van der Waals surface area contributed by atoms with Crippen LogP contribution in [0.5, 0.6) is 0 Å². The van der Waals surface area contributed by atoms with E-state index in [1.165, 1.54) is 32.1 Å². The first kappa shape index (κ1) is 23.9. The zero-order valence-electron chi connectivity index (χ0n) is 18.6. The topological polar surface area (TPSA) is 27.7 Å². The van der Waals surface area contributed by atoms with Gasteiger partial charge in [0.15, 0.2) is 8.32 Å². The summed E-state index contributed by atoms with van der Waals surface area (Å²) in [6, 6.07) is 0. The molecular weight excluding hydrogens is 340 g/mol. The number of hydrogen-bond donors (Lipinski definition) is 0. The lowest BCUT2D eigenvalue weighted by Gasteiger charge is -2.46. The number of hydrogen-bond acceptors (Lipinski definition) is 3. The Hall–Kier alpha value is -0.163. The predicted octanol–water partition coefficient (Wildman–Crippen LogP) is 6.34. The number of ether oxygens (including phenoxy) is 2.